The molecule has 22 heavy (non-hydrogen) atoms. The number of amides is 2. The van der Waals surface area contributed by atoms with Gasteiger partial charge >= 0.3 is 0 Å². The standard InChI is InChI=1S/C14H17ClFN3O2.ClH/c1-8(17)6-13(20)18-12-4-5-19(14(12)21)9-2-3-11(16)10(15)7-9;/h2-3,7-8,12H,4-6,17H2,1H3,(H,18,20);1H. The van der Waals surface area contributed by atoms with Crippen molar-refractivity contribution in [1.82, 2.24) is 5.32 Å². The molecule has 0 bridgehead atoms. The van der Waals surface area contributed by atoms with Gasteiger partial charge in [0.1, 0.15) is 11.9 Å². The fourth-order valence-corrected chi connectivity index (χ4v) is 2.44. The zero-order valence-electron chi connectivity index (χ0n) is 12.0. The molecule has 1 saturated heterocycles. The quantitative estimate of drug-likeness (QED) is 0.870. The number of hydrogen-bond donors (Lipinski definition) is 2. The molecule has 122 valence electrons. The maximum absolute atomic E-state index is 13.1. The van der Waals surface area contributed by atoms with Crippen LogP contribution in [-0.4, -0.2) is 30.4 Å². The monoisotopic (exact) mass is 349 g/mol. The zero-order chi connectivity index (χ0) is 15.6. The van der Waals surface area contributed by atoms with Gasteiger partial charge in [0.15, 0.2) is 0 Å². The van der Waals surface area contributed by atoms with E-state index in [-0.39, 0.29) is 41.7 Å². The molecule has 1 aliphatic heterocycles. The molecule has 0 aromatic heterocycles. The van der Waals surface area contributed by atoms with Crippen LogP contribution in [0.4, 0.5) is 10.1 Å². The molecule has 2 unspecified atom stereocenters. The topological polar surface area (TPSA) is 75.4 Å². The minimum Gasteiger partial charge on any atom is -0.344 e. The third-order valence-electron chi connectivity index (χ3n) is 3.26. The van der Waals surface area contributed by atoms with E-state index in [1.54, 1.807) is 6.92 Å². The predicted molar refractivity (Wildman–Crippen MR) is 85.8 cm³/mol. The minimum absolute atomic E-state index is 0. The molecule has 0 saturated carbocycles. The van der Waals surface area contributed by atoms with Crippen LogP contribution in [-0.2, 0) is 9.59 Å². The number of rotatable bonds is 4. The normalized spacial score (nSPS) is 18.8. The van der Waals surface area contributed by atoms with Crippen LogP contribution in [0.15, 0.2) is 18.2 Å². The molecular formula is C14H18Cl2FN3O2. The van der Waals surface area contributed by atoms with Gasteiger partial charge < -0.3 is 16.0 Å². The molecule has 8 heteroatoms. The summed E-state index contributed by atoms with van der Waals surface area (Å²) in [6, 6.07) is 3.28. The Balaban J connectivity index is 0.00000242. The van der Waals surface area contributed by atoms with Gasteiger partial charge in [-0.15, -0.1) is 12.4 Å². The van der Waals surface area contributed by atoms with Crippen molar-refractivity contribution in [3.05, 3.63) is 29.0 Å². The maximum Gasteiger partial charge on any atom is 0.249 e. The van der Waals surface area contributed by atoms with Gasteiger partial charge in [0.2, 0.25) is 11.8 Å². The average molecular weight is 350 g/mol. The molecule has 1 aromatic rings. The number of halogens is 3. The molecular weight excluding hydrogens is 332 g/mol. The van der Waals surface area contributed by atoms with Crippen molar-refractivity contribution in [1.29, 1.82) is 0 Å². The molecule has 0 spiro atoms. The van der Waals surface area contributed by atoms with Crippen LogP contribution < -0.4 is 16.0 Å². The van der Waals surface area contributed by atoms with Crippen LogP contribution >= 0.6 is 24.0 Å². The Bertz CT molecular complexity index is 569. The van der Waals surface area contributed by atoms with Crippen LogP contribution in [0.25, 0.3) is 0 Å². The molecule has 0 aliphatic carbocycles. The Hall–Kier alpha value is -1.37. The first-order valence-electron chi connectivity index (χ1n) is 6.70. The van der Waals surface area contributed by atoms with E-state index in [0.717, 1.165) is 0 Å². The van der Waals surface area contributed by atoms with Crippen molar-refractivity contribution in [2.45, 2.75) is 31.8 Å². The van der Waals surface area contributed by atoms with Gasteiger partial charge in [-0.2, -0.15) is 0 Å². The second-order valence-corrected chi connectivity index (χ2v) is 5.59. The van der Waals surface area contributed by atoms with Gasteiger partial charge in [0.25, 0.3) is 0 Å². The number of carbonyl (C=O) groups is 2. The van der Waals surface area contributed by atoms with Gasteiger partial charge in [0.05, 0.1) is 5.02 Å². The molecule has 2 rings (SSSR count). The van der Waals surface area contributed by atoms with E-state index in [4.69, 9.17) is 17.3 Å². The summed E-state index contributed by atoms with van der Waals surface area (Å²) in [6.45, 7) is 2.17. The number of carbonyl (C=O) groups excluding carboxylic acids is 2. The first-order valence-corrected chi connectivity index (χ1v) is 7.07. The van der Waals surface area contributed by atoms with Crippen molar-refractivity contribution in [3.63, 3.8) is 0 Å². The summed E-state index contributed by atoms with van der Waals surface area (Å²) in [6.07, 6.45) is 0.671. The zero-order valence-corrected chi connectivity index (χ0v) is 13.6. The Morgan fingerprint density at radius 1 is 1.59 bits per heavy atom. The summed E-state index contributed by atoms with van der Waals surface area (Å²) in [4.78, 5) is 25.4. The lowest BCUT2D eigenvalue weighted by Crippen LogP contribution is -2.43. The van der Waals surface area contributed by atoms with Gasteiger partial charge in [-0.05, 0) is 31.5 Å². The highest BCUT2D eigenvalue weighted by Gasteiger charge is 2.33. The summed E-state index contributed by atoms with van der Waals surface area (Å²) in [7, 11) is 0. The number of nitrogens with two attached hydrogens (primary N) is 1. The summed E-state index contributed by atoms with van der Waals surface area (Å²) < 4.78 is 13.1. The Kier molecular flexibility index (Phi) is 6.59. The largest absolute Gasteiger partial charge is 0.344 e. The van der Waals surface area contributed by atoms with Crippen LogP contribution in [0.3, 0.4) is 0 Å². The van der Waals surface area contributed by atoms with Crippen LogP contribution in [0.5, 0.6) is 0 Å². The predicted octanol–water partition coefficient (Wildman–Crippen LogP) is 1.86. The van der Waals surface area contributed by atoms with Crippen LogP contribution in [0, 0.1) is 5.82 Å². The number of anilines is 1. The summed E-state index contributed by atoms with van der Waals surface area (Å²) in [5, 5.41) is 2.63. The number of nitrogens with one attached hydrogen (secondary N) is 1. The van der Waals surface area contributed by atoms with E-state index in [9.17, 15) is 14.0 Å². The Morgan fingerprint density at radius 3 is 2.86 bits per heavy atom. The lowest BCUT2D eigenvalue weighted by Gasteiger charge is -2.18. The minimum atomic E-state index is -0.569. The van der Waals surface area contributed by atoms with E-state index in [2.05, 4.69) is 5.32 Å². The first-order chi connectivity index (χ1) is 9.88. The van der Waals surface area contributed by atoms with Gasteiger partial charge in [0, 0.05) is 24.7 Å². The molecule has 1 aromatic carbocycles. The summed E-state index contributed by atoms with van der Waals surface area (Å²) in [5.74, 6) is -1.01. The molecule has 1 aliphatic rings. The highest BCUT2D eigenvalue weighted by Crippen LogP contribution is 2.26. The van der Waals surface area contributed by atoms with Crippen molar-refractivity contribution in [3.8, 4) is 0 Å². The lowest BCUT2D eigenvalue weighted by atomic mass is 10.2. The maximum atomic E-state index is 13.1. The number of hydrogen-bond acceptors (Lipinski definition) is 3. The average Bonchev–Trinajstić information content (AvgIpc) is 2.74. The van der Waals surface area contributed by atoms with Gasteiger partial charge in [-0.3, -0.25) is 9.59 Å². The third-order valence-corrected chi connectivity index (χ3v) is 3.55. The van der Waals surface area contributed by atoms with Crippen molar-refractivity contribution < 1.29 is 14.0 Å². The van der Waals surface area contributed by atoms with Gasteiger partial charge in [-0.25, -0.2) is 4.39 Å². The first kappa shape index (κ1) is 18.7. The van der Waals surface area contributed by atoms with E-state index in [0.29, 0.717) is 18.7 Å². The molecule has 3 N–H and O–H groups in total. The smallest absolute Gasteiger partial charge is 0.249 e. The SMILES string of the molecule is CC(N)CC(=O)NC1CCN(c2ccc(F)c(Cl)c2)C1=O.Cl. The summed E-state index contributed by atoms with van der Waals surface area (Å²) >= 11 is 5.72. The highest BCUT2D eigenvalue weighted by molar-refractivity contribution is 6.31. The van der Waals surface area contributed by atoms with E-state index in [1.807, 2.05) is 0 Å². The van der Waals surface area contributed by atoms with E-state index < -0.39 is 11.9 Å². The van der Waals surface area contributed by atoms with E-state index in [1.165, 1.54) is 23.1 Å². The van der Waals surface area contributed by atoms with Crippen LogP contribution in [0.1, 0.15) is 19.8 Å². The number of benzene rings is 1. The molecule has 2 amide bonds. The third kappa shape index (κ3) is 4.32. The van der Waals surface area contributed by atoms with E-state index >= 15 is 0 Å². The second-order valence-electron chi connectivity index (χ2n) is 5.18. The number of nitrogens with zero attached hydrogens (tertiary/aromatic N) is 1. The lowest BCUT2D eigenvalue weighted by molar-refractivity contribution is -0.126. The molecule has 1 heterocycles. The summed E-state index contributed by atoms with van der Waals surface area (Å²) in [5.41, 5.74) is 6.07. The molecule has 2 atom stereocenters. The fraction of sp³-hybridized carbons (Fsp3) is 0.429. The van der Waals surface area contributed by atoms with Crippen molar-refractivity contribution in [2.75, 3.05) is 11.4 Å². The molecule has 5 nitrogen and oxygen atoms in total. The highest BCUT2D eigenvalue weighted by atomic mass is 35.5. The molecule has 0 radical (unpaired) electrons. The van der Waals surface area contributed by atoms with Gasteiger partial charge in [-0.1, -0.05) is 11.6 Å². The van der Waals surface area contributed by atoms with Crippen molar-refractivity contribution >= 4 is 41.5 Å². The Labute approximate surface area is 139 Å². The fourth-order valence-electron chi connectivity index (χ4n) is 2.27. The second kappa shape index (κ2) is 7.76. The van der Waals surface area contributed by atoms with Crippen molar-refractivity contribution in [2.24, 2.45) is 5.73 Å². The Morgan fingerprint density at radius 2 is 2.27 bits per heavy atom. The molecule has 1 fully saturated rings. The van der Waals surface area contributed by atoms with Crippen LogP contribution in [0.2, 0.25) is 5.02 Å².